The largest absolute Gasteiger partial charge is 1.00 e. The standard InChI is InChI=1S/C17H27N3O2S.CH3.K/c1-3-19-11-10-18-15(12-19)13-22-16-6-4-14(5-7-16)17(8-9-17)20(2,21)23;;/h4-7,15,18,21,23H,1,3,8-13H2,2H3;1H3;/q;-1;+1. The molecule has 1 saturated carbocycles. The minimum atomic E-state index is -0.305. The van der Waals surface area contributed by atoms with E-state index < -0.39 is 0 Å². The first-order chi connectivity index (χ1) is 10.9. The van der Waals surface area contributed by atoms with Crippen molar-refractivity contribution in [1.82, 2.24) is 10.2 Å². The third kappa shape index (κ3) is 5.66. The van der Waals surface area contributed by atoms with E-state index in [1.165, 1.54) is 0 Å². The molecule has 2 fully saturated rings. The molecule has 1 aromatic rings. The molecule has 136 valence electrons. The van der Waals surface area contributed by atoms with Crippen LogP contribution in [-0.4, -0.2) is 60.0 Å². The summed E-state index contributed by atoms with van der Waals surface area (Å²) in [7, 11) is 1.71. The van der Waals surface area contributed by atoms with Gasteiger partial charge in [-0.05, 0) is 24.3 Å². The van der Waals surface area contributed by atoms with Gasteiger partial charge in [-0.15, -0.1) is 10.6 Å². The first-order valence-electron chi connectivity index (χ1n) is 8.25. The van der Waals surface area contributed by atoms with Gasteiger partial charge in [0.25, 0.3) is 0 Å². The van der Waals surface area contributed by atoms with Crippen LogP contribution in [0.15, 0.2) is 24.3 Å². The molecule has 0 amide bonds. The summed E-state index contributed by atoms with van der Waals surface area (Å²) in [4.78, 5) is 2.33. The van der Waals surface area contributed by atoms with Crippen LogP contribution in [-0.2, 0) is 5.54 Å². The third-order valence-corrected chi connectivity index (χ3v) is 5.42. The van der Waals surface area contributed by atoms with Crippen molar-refractivity contribution in [2.45, 2.75) is 24.4 Å². The second-order valence-corrected chi connectivity index (χ2v) is 7.51. The maximum atomic E-state index is 10.2. The molecule has 1 saturated heterocycles. The second-order valence-electron chi connectivity index (χ2n) is 6.73. The van der Waals surface area contributed by atoms with Crippen molar-refractivity contribution in [2.24, 2.45) is 0 Å². The molecule has 5 nitrogen and oxygen atoms in total. The average Bonchev–Trinajstić information content (AvgIpc) is 3.35. The monoisotopic (exact) mass is 391 g/mol. The first kappa shape index (κ1) is 23.9. The number of rotatable bonds is 6. The molecule has 2 N–H and O–H groups in total. The Balaban J connectivity index is 0.00000156. The van der Waals surface area contributed by atoms with E-state index in [2.05, 4.69) is 30.0 Å². The summed E-state index contributed by atoms with van der Waals surface area (Å²) >= 11 is 4.31. The van der Waals surface area contributed by atoms with E-state index in [0.717, 1.165) is 50.3 Å². The molecule has 2 atom stereocenters. The number of ether oxygens (including phenoxy) is 1. The Morgan fingerprint density at radius 1 is 1.40 bits per heavy atom. The van der Waals surface area contributed by atoms with Crippen LogP contribution in [0.3, 0.4) is 0 Å². The quantitative estimate of drug-likeness (QED) is 0.197. The van der Waals surface area contributed by atoms with Gasteiger partial charge < -0.3 is 29.3 Å². The molecule has 2 unspecified atom stereocenters. The number of thiol groups is 1. The molecule has 25 heavy (non-hydrogen) atoms. The van der Waals surface area contributed by atoms with E-state index in [1.54, 1.807) is 7.05 Å². The normalized spacial score (nSPS) is 24.4. The zero-order valence-corrected chi connectivity index (χ0v) is 19.8. The van der Waals surface area contributed by atoms with Crippen LogP contribution in [0.25, 0.3) is 0 Å². The fraction of sp³-hybridized carbons (Fsp3) is 0.556. The number of nitrogens with zero attached hydrogens (tertiary/aromatic N) is 2. The Hall–Kier alpha value is 0.846. The Kier molecular flexibility index (Phi) is 9.42. The van der Waals surface area contributed by atoms with E-state index >= 15 is 0 Å². The summed E-state index contributed by atoms with van der Waals surface area (Å²) in [6.07, 6.45) is 1.91. The van der Waals surface area contributed by atoms with E-state index in [4.69, 9.17) is 4.74 Å². The second kappa shape index (κ2) is 9.86. The first-order valence-corrected chi connectivity index (χ1v) is 8.65. The molecule has 2 aliphatic rings. The van der Waals surface area contributed by atoms with Gasteiger partial charge in [0.2, 0.25) is 0 Å². The maximum absolute atomic E-state index is 10.2. The zero-order valence-electron chi connectivity index (χ0n) is 15.7. The number of piperazine rings is 1. The summed E-state index contributed by atoms with van der Waals surface area (Å²) in [5, 5.41) is 13.7. The Bertz CT molecular complexity index is 532. The summed E-state index contributed by atoms with van der Waals surface area (Å²) < 4.78 is 5.61. The number of nitrogens with one attached hydrogen (secondary N) is 1. The van der Waals surface area contributed by atoms with Crippen LogP contribution in [0.4, 0.5) is 0 Å². The van der Waals surface area contributed by atoms with Crippen molar-refractivity contribution < 1.29 is 65.4 Å². The van der Waals surface area contributed by atoms with E-state index in [0.29, 0.717) is 12.6 Å². The Labute approximate surface area is 200 Å². The summed E-state index contributed by atoms with van der Waals surface area (Å²) in [6, 6.07) is 8.40. The minimum Gasteiger partial charge on any atom is -0.492 e. The Morgan fingerprint density at radius 2 is 2.04 bits per heavy atom. The van der Waals surface area contributed by atoms with E-state index in [-0.39, 0.29) is 68.4 Å². The van der Waals surface area contributed by atoms with Gasteiger partial charge in [0.1, 0.15) is 19.4 Å². The van der Waals surface area contributed by atoms with Gasteiger partial charge in [-0.3, -0.25) is 0 Å². The van der Waals surface area contributed by atoms with Crippen molar-refractivity contribution in [3.05, 3.63) is 44.2 Å². The van der Waals surface area contributed by atoms with Crippen LogP contribution in [0.2, 0.25) is 0 Å². The molecular formula is C18H30KN3O2S. The number of quaternary nitrogens is 1. The van der Waals surface area contributed by atoms with Crippen LogP contribution in [0, 0.1) is 14.4 Å². The van der Waals surface area contributed by atoms with Crippen molar-refractivity contribution in [1.29, 1.82) is 0 Å². The van der Waals surface area contributed by atoms with Crippen LogP contribution >= 0.6 is 12.8 Å². The fourth-order valence-corrected chi connectivity index (χ4v) is 3.66. The molecule has 0 spiro atoms. The third-order valence-electron chi connectivity index (χ3n) is 5.03. The van der Waals surface area contributed by atoms with Gasteiger partial charge >= 0.3 is 51.4 Å². The molecule has 1 aromatic carbocycles. The molecule has 0 radical (unpaired) electrons. The van der Waals surface area contributed by atoms with E-state index in [1.807, 2.05) is 24.3 Å². The number of benzene rings is 1. The number of hydroxylamine groups is 2. The van der Waals surface area contributed by atoms with E-state index in [9.17, 15) is 5.21 Å². The summed E-state index contributed by atoms with van der Waals surface area (Å²) in [6.45, 7) is 8.47. The minimum absolute atomic E-state index is 0. The molecule has 0 aromatic heterocycles. The number of hydrogen-bond donors (Lipinski definition) is 3. The van der Waals surface area contributed by atoms with Crippen LogP contribution < -0.4 is 61.4 Å². The SMILES string of the molecule is [CH2-]CN1CCNC(COc2ccc(C3([N+](C)(O)S)CC3)cc2)C1.[CH3-].[K+]. The molecule has 1 aliphatic carbocycles. The van der Waals surface area contributed by atoms with Gasteiger partial charge in [-0.25, -0.2) is 5.21 Å². The predicted molar refractivity (Wildman–Crippen MR) is 99.8 cm³/mol. The Morgan fingerprint density at radius 3 is 2.56 bits per heavy atom. The van der Waals surface area contributed by atoms with Gasteiger partial charge in [0, 0.05) is 38.0 Å². The van der Waals surface area contributed by atoms with Crippen molar-refractivity contribution >= 4 is 12.8 Å². The van der Waals surface area contributed by atoms with Crippen LogP contribution in [0.5, 0.6) is 5.75 Å². The summed E-state index contributed by atoms with van der Waals surface area (Å²) in [5.74, 6) is 0.865. The van der Waals surface area contributed by atoms with Crippen LogP contribution in [0.1, 0.15) is 18.4 Å². The smallest absolute Gasteiger partial charge is 0.492 e. The van der Waals surface area contributed by atoms with Gasteiger partial charge in [-0.2, -0.15) is 0 Å². The van der Waals surface area contributed by atoms with Gasteiger partial charge in [-0.1, -0.05) is 0 Å². The molecule has 7 heteroatoms. The topological polar surface area (TPSA) is 44.7 Å². The molecular weight excluding hydrogens is 361 g/mol. The molecule has 1 heterocycles. The van der Waals surface area contributed by atoms with Crippen molar-refractivity contribution in [3.8, 4) is 5.75 Å². The van der Waals surface area contributed by atoms with Crippen molar-refractivity contribution in [3.63, 3.8) is 0 Å². The maximum Gasteiger partial charge on any atom is 1.00 e. The van der Waals surface area contributed by atoms with Gasteiger partial charge in [0.05, 0.1) is 18.9 Å². The summed E-state index contributed by atoms with van der Waals surface area (Å²) in [5.41, 5.74) is 0.852. The number of hydrogen-bond acceptors (Lipinski definition) is 5. The predicted octanol–water partition coefficient (Wildman–Crippen LogP) is -0.703. The molecule has 1 aliphatic heterocycles. The average molecular weight is 392 g/mol. The fourth-order valence-electron chi connectivity index (χ4n) is 3.34. The molecule has 3 rings (SSSR count). The van der Waals surface area contributed by atoms with Gasteiger partial charge in [0.15, 0.2) is 5.54 Å². The van der Waals surface area contributed by atoms with Crippen molar-refractivity contribution in [2.75, 3.05) is 39.8 Å². The zero-order chi connectivity index (χ0) is 16.5. The molecule has 0 bridgehead atoms.